The fraction of sp³-hybridized carbons (Fsp3) is 0.929. The standard InChI is InChI=1S/C14H28N2O2/c1-11(2)12-5-4-8-16(9-6-12)10-7-13(15-3)14(17)18/h11-13,15H,4-10H2,1-3H3,(H,17,18). The van der Waals surface area contributed by atoms with Crippen LogP contribution in [-0.2, 0) is 4.79 Å². The SMILES string of the molecule is CNC(CCN1CCCC(C(C)C)CC1)C(=O)O. The van der Waals surface area contributed by atoms with E-state index >= 15 is 0 Å². The van der Waals surface area contributed by atoms with Crippen LogP contribution in [0.3, 0.4) is 0 Å². The second-order valence-electron chi connectivity index (χ2n) is 5.74. The highest BCUT2D eigenvalue weighted by Gasteiger charge is 2.21. The molecule has 1 heterocycles. The molecule has 0 aliphatic carbocycles. The average molecular weight is 256 g/mol. The number of likely N-dealkylation sites (N-methyl/N-ethyl adjacent to an activating group) is 1. The van der Waals surface area contributed by atoms with E-state index in [1.54, 1.807) is 7.05 Å². The van der Waals surface area contributed by atoms with Crippen LogP contribution in [-0.4, -0.2) is 48.7 Å². The fourth-order valence-electron chi connectivity index (χ4n) is 2.77. The second-order valence-corrected chi connectivity index (χ2v) is 5.74. The van der Waals surface area contributed by atoms with Crippen molar-refractivity contribution in [3.63, 3.8) is 0 Å². The Morgan fingerprint density at radius 1 is 1.39 bits per heavy atom. The van der Waals surface area contributed by atoms with E-state index in [9.17, 15) is 4.79 Å². The van der Waals surface area contributed by atoms with Crippen LogP contribution in [0.4, 0.5) is 0 Å². The molecule has 0 spiro atoms. The number of nitrogens with one attached hydrogen (secondary N) is 1. The number of hydrogen-bond donors (Lipinski definition) is 2. The van der Waals surface area contributed by atoms with Crippen molar-refractivity contribution in [2.24, 2.45) is 11.8 Å². The molecule has 2 N–H and O–H groups in total. The summed E-state index contributed by atoms with van der Waals surface area (Å²) in [6, 6.07) is -0.408. The number of nitrogens with zero attached hydrogens (tertiary/aromatic N) is 1. The van der Waals surface area contributed by atoms with E-state index in [-0.39, 0.29) is 0 Å². The Labute approximate surface area is 111 Å². The maximum Gasteiger partial charge on any atom is 0.320 e. The minimum Gasteiger partial charge on any atom is -0.480 e. The monoisotopic (exact) mass is 256 g/mol. The first-order valence-corrected chi connectivity index (χ1v) is 7.17. The molecule has 4 heteroatoms. The molecule has 4 nitrogen and oxygen atoms in total. The van der Waals surface area contributed by atoms with Crippen LogP contribution in [0.15, 0.2) is 0 Å². The Balaban J connectivity index is 2.33. The summed E-state index contributed by atoms with van der Waals surface area (Å²) < 4.78 is 0. The molecular weight excluding hydrogens is 228 g/mol. The van der Waals surface area contributed by atoms with Crippen molar-refractivity contribution in [1.82, 2.24) is 10.2 Å². The third kappa shape index (κ3) is 4.94. The van der Waals surface area contributed by atoms with Gasteiger partial charge in [-0.15, -0.1) is 0 Å². The molecule has 106 valence electrons. The summed E-state index contributed by atoms with van der Waals surface area (Å²) in [6.45, 7) is 7.75. The first-order valence-electron chi connectivity index (χ1n) is 7.17. The van der Waals surface area contributed by atoms with Gasteiger partial charge in [0.2, 0.25) is 0 Å². The highest BCUT2D eigenvalue weighted by molar-refractivity contribution is 5.73. The Bertz CT molecular complexity index is 256. The van der Waals surface area contributed by atoms with Gasteiger partial charge in [0.25, 0.3) is 0 Å². The van der Waals surface area contributed by atoms with Gasteiger partial charge in [0, 0.05) is 6.54 Å². The smallest absolute Gasteiger partial charge is 0.320 e. The lowest BCUT2D eigenvalue weighted by Gasteiger charge is -2.22. The zero-order valence-corrected chi connectivity index (χ0v) is 12.0. The first-order chi connectivity index (χ1) is 8.54. The minimum atomic E-state index is -0.743. The quantitative estimate of drug-likeness (QED) is 0.761. The van der Waals surface area contributed by atoms with Crippen molar-refractivity contribution in [1.29, 1.82) is 0 Å². The van der Waals surface area contributed by atoms with Gasteiger partial charge in [0.15, 0.2) is 0 Å². The molecule has 0 aromatic rings. The highest BCUT2D eigenvalue weighted by Crippen LogP contribution is 2.24. The Morgan fingerprint density at radius 3 is 2.67 bits per heavy atom. The van der Waals surface area contributed by atoms with Gasteiger partial charge in [-0.1, -0.05) is 13.8 Å². The van der Waals surface area contributed by atoms with Crippen LogP contribution in [0.2, 0.25) is 0 Å². The summed E-state index contributed by atoms with van der Waals surface area (Å²) >= 11 is 0. The molecule has 18 heavy (non-hydrogen) atoms. The van der Waals surface area contributed by atoms with E-state index in [0.29, 0.717) is 6.42 Å². The number of hydrogen-bond acceptors (Lipinski definition) is 3. The van der Waals surface area contributed by atoms with E-state index in [4.69, 9.17) is 5.11 Å². The molecule has 1 fully saturated rings. The Kier molecular flexibility index (Phi) is 6.65. The van der Waals surface area contributed by atoms with Crippen molar-refractivity contribution in [2.45, 2.75) is 45.6 Å². The summed E-state index contributed by atoms with van der Waals surface area (Å²) in [4.78, 5) is 13.4. The number of carboxylic acids is 1. The molecule has 0 bridgehead atoms. The molecule has 1 rings (SSSR count). The second kappa shape index (κ2) is 7.74. The molecule has 1 aliphatic heterocycles. The largest absolute Gasteiger partial charge is 0.480 e. The molecule has 0 aromatic heterocycles. The molecule has 1 saturated heterocycles. The molecule has 1 aliphatic rings. The molecule has 0 amide bonds. The third-order valence-corrected chi connectivity index (χ3v) is 4.19. The predicted molar refractivity (Wildman–Crippen MR) is 73.7 cm³/mol. The number of carboxylic acid groups (broad SMARTS) is 1. The summed E-state index contributed by atoms with van der Waals surface area (Å²) in [5, 5.41) is 11.8. The van der Waals surface area contributed by atoms with Gasteiger partial charge in [0.05, 0.1) is 0 Å². The van der Waals surface area contributed by atoms with Gasteiger partial charge < -0.3 is 15.3 Å². The van der Waals surface area contributed by atoms with Crippen LogP contribution in [0.25, 0.3) is 0 Å². The van der Waals surface area contributed by atoms with Gasteiger partial charge in [-0.3, -0.25) is 4.79 Å². The molecule has 0 saturated carbocycles. The average Bonchev–Trinajstić information content (AvgIpc) is 2.55. The summed E-state index contributed by atoms with van der Waals surface area (Å²) in [5.74, 6) is 0.871. The van der Waals surface area contributed by atoms with Crippen LogP contribution in [0.1, 0.15) is 39.5 Å². The molecule has 2 unspecified atom stereocenters. The summed E-state index contributed by atoms with van der Waals surface area (Å²) in [5.41, 5.74) is 0. The Morgan fingerprint density at radius 2 is 2.11 bits per heavy atom. The maximum atomic E-state index is 10.9. The maximum absolute atomic E-state index is 10.9. The zero-order chi connectivity index (χ0) is 13.5. The molecule has 2 atom stereocenters. The topological polar surface area (TPSA) is 52.6 Å². The van der Waals surface area contributed by atoms with E-state index in [2.05, 4.69) is 24.1 Å². The normalized spacial score (nSPS) is 23.9. The van der Waals surface area contributed by atoms with Crippen molar-refractivity contribution in [3.8, 4) is 0 Å². The van der Waals surface area contributed by atoms with E-state index in [0.717, 1.165) is 31.5 Å². The number of likely N-dealkylation sites (tertiary alicyclic amines) is 1. The lowest BCUT2D eigenvalue weighted by molar-refractivity contribution is -0.139. The predicted octanol–water partition coefficient (Wildman–Crippen LogP) is 1.81. The van der Waals surface area contributed by atoms with E-state index < -0.39 is 12.0 Å². The first kappa shape index (κ1) is 15.4. The van der Waals surface area contributed by atoms with Gasteiger partial charge in [-0.2, -0.15) is 0 Å². The van der Waals surface area contributed by atoms with Crippen LogP contribution >= 0.6 is 0 Å². The van der Waals surface area contributed by atoms with Crippen molar-refractivity contribution >= 4 is 5.97 Å². The third-order valence-electron chi connectivity index (χ3n) is 4.19. The van der Waals surface area contributed by atoms with Crippen LogP contribution in [0.5, 0.6) is 0 Å². The van der Waals surface area contributed by atoms with Crippen LogP contribution < -0.4 is 5.32 Å². The number of carbonyl (C=O) groups is 1. The fourth-order valence-corrected chi connectivity index (χ4v) is 2.77. The Hall–Kier alpha value is -0.610. The van der Waals surface area contributed by atoms with Crippen molar-refractivity contribution in [3.05, 3.63) is 0 Å². The lowest BCUT2D eigenvalue weighted by atomic mass is 9.89. The minimum absolute atomic E-state index is 0.408. The van der Waals surface area contributed by atoms with Gasteiger partial charge >= 0.3 is 5.97 Å². The van der Waals surface area contributed by atoms with Crippen molar-refractivity contribution in [2.75, 3.05) is 26.7 Å². The highest BCUT2D eigenvalue weighted by atomic mass is 16.4. The zero-order valence-electron chi connectivity index (χ0n) is 12.0. The van der Waals surface area contributed by atoms with E-state index in [1.165, 1.54) is 19.3 Å². The molecular formula is C14H28N2O2. The van der Waals surface area contributed by atoms with Gasteiger partial charge in [-0.25, -0.2) is 0 Å². The van der Waals surface area contributed by atoms with Gasteiger partial charge in [-0.05, 0) is 57.7 Å². The van der Waals surface area contributed by atoms with Gasteiger partial charge in [0.1, 0.15) is 6.04 Å². The van der Waals surface area contributed by atoms with Crippen LogP contribution in [0, 0.1) is 11.8 Å². The van der Waals surface area contributed by atoms with E-state index in [1.807, 2.05) is 0 Å². The summed E-state index contributed by atoms with van der Waals surface area (Å²) in [6.07, 6.45) is 4.52. The molecule has 0 radical (unpaired) electrons. The number of aliphatic carboxylic acids is 1. The van der Waals surface area contributed by atoms with Crippen molar-refractivity contribution < 1.29 is 9.90 Å². The molecule has 0 aromatic carbocycles. The summed E-state index contributed by atoms with van der Waals surface area (Å²) in [7, 11) is 1.72. The lowest BCUT2D eigenvalue weighted by Crippen LogP contribution is -2.38. The number of rotatable bonds is 6.